The number of rotatable bonds is 1. The van der Waals surface area contributed by atoms with Crippen LogP contribution in [0.5, 0.6) is 0 Å². The average molecular weight is 293 g/mol. The Morgan fingerprint density at radius 1 is 1.27 bits per heavy atom. The summed E-state index contributed by atoms with van der Waals surface area (Å²) in [4.78, 5) is 3.88. The van der Waals surface area contributed by atoms with Crippen LogP contribution in [0.15, 0.2) is 32.1 Å². The minimum absolute atomic E-state index is 0.780. The SMILES string of the molecule is S=C=Nc1c(Br)cccc1Br. The predicted octanol–water partition coefficient (Wildman–Crippen LogP) is 3.95. The lowest BCUT2D eigenvalue weighted by atomic mass is 10.3. The Balaban J connectivity index is 3.31. The van der Waals surface area contributed by atoms with Gasteiger partial charge in [0.05, 0.1) is 5.16 Å². The van der Waals surface area contributed by atoms with E-state index in [0.717, 1.165) is 14.6 Å². The van der Waals surface area contributed by atoms with Crippen molar-refractivity contribution in [2.24, 2.45) is 4.99 Å². The summed E-state index contributed by atoms with van der Waals surface area (Å²) in [5.74, 6) is 0. The fraction of sp³-hybridized carbons (Fsp3) is 0. The number of para-hydroxylation sites is 1. The van der Waals surface area contributed by atoms with Crippen LogP contribution in [-0.2, 0) is 0 Å². The van der Waals surface area contributed by atoms with Crippen LogP contribution in [0.1, 0.15) is 0 Å². The quantitative estimate of drug-likeness (QED) is 0.564. The second kappa shape index (κ2) is 4.12. The maximum atomic E-state index is 4.49. The van der Waals surface area contributed by atoms with Gasteiger partial charge in [-0.15, -0.1) is 0 Å². The van der Waals surface area contributed by atoms with Gasteiger partial charge in [-0.05, 0) is 56.2 Å². The Hall–Kier alpha value is -0.0200. The molecule has 0 saturated carbocycles. The highest BCUT2D eigenvalue weighted by atomic mass is 79.9. The molecule has 0 spiro atoms. The number of benzene rings is 1. The maximum absolute atomic E-state index is 4.49. The van der Waals surface area contributed by atoms with E-state index in [1.54, 1.807) is 0 Å². The third-order valence-electron chi connectivity index (χ3n) is 1.09. The first-order valence-electron chi connectivity index (χ1n) is 2.77. The minimum atomic E-state index is 0.780. The van der Waals surface area contributed by atoms with Crippen molar-refractivity contribution in [2.45, 2.75) is 0 Å². The topological polar surface area (TPSA) is 12.4 Å². The normalized spacial score (nSPS) is 8.91. The van der Waals surface area contributed by atoms with Crippen LogP contribution in [-0.4, -0.2) is 5.16 Å². The molecule has 11 heavy (non-hydrogen) atoms. The molecule has 0 aromatic heterocycles. The van der Waals surface area contributed by atoms with Crippen molar-refractivity contribution in [3.05, 3.63) is 27.1 Å². The molecule has 1 aromatic rings. The molecule has 1 rings (SSSR count). The lowest BCUT2D eigenvalue weighted by molar-refractivity contribution is 1.48. The molecule has 0 saturated heterocycles. The molecule has 0 heterocycles. The van der Waals surface area contributed by atoms with Gasteiger partial charge in [-0.25, -0.2) is 0 Å². The molecule has 0 bridgehead atoms. The van der Waals surface area contributed by atoms with Gasteiger partial charge in [-0.1, -0.05) is 6.07 Å². The fourth-order valence-electron chi connectivity index (χ4n) is 0.641. The van der Waals surface area contributed by atoms with Crippen LogP contribution in [0.25, 0.3) is 0 Å². The highest BCUT2D eigenvalue weighted by Gasteiger charge is 2.00. The second-order valence-corrected chi connectivity index (χ2v) is 3.66. The van der Waals surface area contributed by atoms with Crippen LogP contribution in [0.2, 0.25) is 0 Å². The Morgan fingerprint density at radius 2 is 1.82 bits per heavy atom. The van der Waals surface area contributed by atoms with Gasteiger partial charge in [0.2, 0.25) is 0 Å². The van der Waals surface area contributed by atoms with Crippen LogP contribution >= 0.6 is 44.1 Å². The summed E-state index contributed by atoms with van der Waals surface area (Å²) in [7, 11) is 0. The first-order valence-corrected chi connectivity index (χ1v) is 4.77. The van der Waals surface area contributed by atoms with Gasteiger partial charge in [-0.2, -0.15) is 4.99 Å². The molecule has 0 aliphatic rings. The molecule has 0 aliphatic heterocycles. The number of isothiocyanates is 1. The molecular weight excluding hydrogens is 290 g/mol. The molecule has 4 heteroatoms. The average Bonchev–Trinajstić information content (AvgIpc) is 1.97. The number of hydrogen-bond donors (Lipinski definition) is 0. The lowest BCUT2D eigenvalue weighted by Gasteiger charge is -1.97. The van der Waals surface area contributed by atoms with E-state index in [-0.39, 0.29) is 0 Å². The van der Waals surface area contributed by atoms with E-state index in [0.29, 0.717) is 0 Å². The number of hydrogen-bond acceptors (Lipinski definition) is 2. The van der Waals surface area contributed by atoms with Gasteiger partial charge in [0.15, 0.2) is 0 Å². The van der Waals surface area contributed by atoms with E-state index < -0.39 is 0 Å². The Labute approximate surface area is 86.8 Å². The smallest absolute Gasteiger partial charge is 0.102 e. The minimum Gasteiger partial charge on any atom is -0.192 e. The van der Waals surface area contributed by atoms with Crippen molar-refractivity contribution in [1.29, 1.82) is 0 Å². The molecule has 0 N–H and O–H groups in total. The number of aliphatic imine (C=N–C) groups is 1. The molecule has 1 nitrogen and oxygen atoms in total. The summed E-state index contributed by atoms with van der Waals surface area (Å²) in [5.41, 5.74) is 0.780. The van der Waals surface area contributed by atoms with E-state index in [1.807, 2.05) is 18.2 Å². The van der Waals surface area contributed by atoms with E-state index >= 15 is 0 Å². The van der Waals surface area contributed by atoms with Crippen molar-refractivity contribution in [2.75, 3.05) is 0 Å². The molecule has 0 amide bonds. The van der Waals surface area contributed by atoms with Crippen LogP contribution in [0, 0.1) is 0 Å². The number of nitrogens with zero attached hydrogens (tertiary/aromatic N) is 1. The van der Waals surface area contributed by atoms with E-state index in [1.165, 1.54) is 0 Å². The zero-order valence-corrected chi connectivity index (χ0v) is 9.33. The zero-order chi connectivity index (χ0) is 8.27. The number of thiocarbonyl (C=S) groups is 1. The van der Waals surface area contributed by atoms with Crippen molar-refractivity contribution in [1.82, 2.24) is 0 Å². The van der Waals surface area contributed by atoms with Gasteiger partial charge in [0, 0.05) is 8.95 Å². The third-order valence-corrected chi connectivity index (χ3v) is 2.47. The first kappa shape index (κ1) is 9.07. The van der Waals surface area contributed by atoms with Gasteiger partial charge < -0.3 is 0 Å². The summed E-state index contributed by atoms with van der Waals surface area (Å²) in [6, 6.07) is 5.71. The van der Waals surface area contributed by atoms with Gasteiger partial charge >= 0.3 is 0 Å². The largest absolute Gasteiger partial charge is 0.192 e. The molecule has 0 atom stereocenters. The third kappa shape index (κ3) is 2.20. The van der Waals surface area contributed by atoms with Crippen LogP contribution in [0.3, 0.4) is 0 Å². The molecular formula is C7H3Br2NS. The molecule has 0 fully saturated rings. The molecule has 56 valence electrons. The van der Waals surface area contributed by atoms with E-state index in [4.69, 9.17) is 0 Å². The van der Waals surface area contributed by atoms with Crippen LogP contribution in [0.4, 0.5) is 5.69 Å². The van der Waals surface area contributed by atoms with Crippen molar-refractivity contribution in [3.8, 4) is 0 Å². The summed E-state index contributed by atoms with van der Waals surface area (Å²) in [6.45, 7) is 0. The van der Waals surface area contributed by atoms with Gasteiger partial charge in [-0.3, -0.25) is 0 Å². The monoisotopic (exact) mass is 291 g/mol. The summed E-state index contributed by atoms with van der Waals surface area (Å²) < 4.78 is 1.81. The standard InChI is InChI=1S/C7H3Br2NS/c8-5-2-1-3-6(9)7(5)10-4-11/h1-3H. The zero-order valence-electron chi connectivity index (χ0n) is 5.34. The second-order valence-electron chi connectivity index (χ2n) is 1.77. The van der Waals surface area contributed by atoms with Crippen molar-refractivity contribution in [3.63, 3.8) is 0 Å². The summed E-state index contributed by atoms with van der Waals surface area (Å²) >= 11 is 11.2. The Bertz CT molecular complexity index is 298. The fourth-order valence-corrected chi connectivity index (χ4v) is 1.91. The molecule has 0 unspecified atom stereocenters. The molecule has 0 radical (unpaired) electrons. The van der Waals surface area contributed by atoms with Gasteiger partial charge in [0.25, 0.3) is 0 Å². The molecule has 1 aromatic carbocycles. The maximum Gasteiger partial charge on any atom is 0.102 e. The lowest BCUT2D eigenvalue weighted by Crippen LogP contribution is -1.69. The van der Waals surface area contributed by atoms with Gasteiger partial charge in [0.1, 0.15) is 5.69 Å². The summed E-state index contributed by atoms with van der Waals surface area (Å²) in [5, 5.41) is 2.31. The highest BCUT2D eigenvalue weighted by molar-refractivity contribution is 9.11. The Kier molecular flexibility index (Phi) is 3.40. The van der Waals surface area contributed by atoms with E-state index in [9.17, 15) is 0 Å². The van der Waals surface area contributed by atoms with Crippen molar-refractivity contribution >= 4 is 54.9 Å². The summed E-state index contributed by atoms with van der Waals surface area (Å²) in [6.07, 6.45) is 0. The Morgan fingerprint density at radius 3 is 2.27 bits per heavy atom. The molecule has 0 aliphatic carbocycles. The first-order chi connectivity index (χ1) is 5.25. The predicted molar refractivity (Wildman–Crippen MR) is 56.5 cm³/mol. The van der Waals surface area contributed by atoms with Crippen molar-refractivity contribution < 1.29 is 0 Å². The highest BCUT2D eigenvalue weighted by Crippen LogP contribution is 2.32. The number of halogens is 2. The van der Waals surface area contributed by atoms with E-state index in [2.05, 4.69) is 54.2 Å². The van der Waals surface area contributed by atoms with Crippen LogP contribution < -0.4 is 0 Å².